The Balaban J connectivity index is 1.83. The lowest BCUT2D eigenvalue weighted by molar-refractivity contribution is -0.169. The normalized spacial score (nSPS) is 28.9. The average molecular weight is 221 g/mol. The number of H-pyrrole nitrogens is 1. The number of rotatable bonds is 2. The van der Waals surface area contributed by atoms with E-state index >= 15 is 0 Å². The van der Waals surface area contributed by atoms with E-state index in [9.17, 15) is 9.59 Å². The maximum Gasteiger partial charge on any atom is 0.258 e. The second-order valence-electron chi connectivity index (χ2n) is 4.03. The van der Waals surface area contributed by atoms with Crippen molar-refractivity contribution in [2.75, 3.05) is 0 Å². The zero-order chi connectivity index (χ0) is 11.1. The summed E-state index contributed by atoms with van der Waals surface area (Å²) in [7, 11) is 0. The summed E-state index contributed by atoms with van der Waals surface area (Å²) in [4.78, 5) is 31.7. The van der Waals surface area contributed by atoms with Crippen molar-refractivity contribution in [3.63, 3.8) is 0 Å². The minimum absolute atomic E-state index is 0.228. The highest BCUT2D eigenvalue weighted by molar-refractivity contribution is 6.02. The van der Waals surface area contributed by atoms with E-state index in [0.29, 0.717) is 12.8 Å². The number of imidazole rings is 1. The fourth-order valence-corrected chi connectivity index (χ4v) is 2.15. The molecule has 2 bridgehead atoms. The molecule has 6 nitrogen and oxygen atoms in total. The van der Waals surface area contributed by atoms with Crippen LogP contribution in [-0.4, -0.2) is 38.9 Å². The van der Waals surface area contributed by atoms with Crippen molar-refractivity contribution in [2.45, 2.75) is 31.6 Å². The van der Waals surface area contributed by atoms with Crippen molar-refractivity contribution < 1.29 is 14.3 Å². The zero-order valence-corrected chi connectivity index (χ0v) is 8.55. The van der Waals surface area contributed by atoms with Crippen molar-refractivity contribution in [1.82, 2.24) is 14.9 Å². The Labute approximate surface area is 91.6 Å². The van der Waals surface area contributed by atoms with Gasteiger partial charge in [-0.1, -0.05) is 0 Å². The van der Waals surface area contributed by atoms with Crippen LogP contribution >= 0.6 is 0 Å². The molecule has 2 unspecified atom stereocenters. The third-order valence-electron chi connectivity index (χ3n) is 2.99. The number of fused-ring (bicyclic) bond motifs is 2. The SMILES string of the molecule is O=C1C2CCC(O2)C(=O)N1Cc1cnc[nH]1. The number of likely N-dealkylation sites (tertiary alicyclic amines) is 1. The fraction of sp³-hybridized carbons (Fsp3) is 0.500. The lowest BCUT2D eigenvalue weighted by atomic mass is 10.2. The molecule has 1 aromatic rings. The number of nitrogens with zero attached hydrogens (tertiary/aromatic N) is 2. The van der Waals surface area contributed by atoms with E-state index in [1.54, 1.807) is 6.20 Å². The van der Waals surface area contributed by atoms with E-state index in [0.717, 1.165) is 5.69 Å². The maximum absolute atomic E-state index is 11.9. The van der Waals surface area contributed by atoms with Crippen LogP contribution in [0.2, 0.25) is 0 Å². The summed E-state index contributed by atoms with van der Waals surface area (Å²) in [5.41, 5.74) is 0.753. The first kappa shape index (κ1) is 9.53. The summed E-state index contributed by atoms with van der Waals surface area (Å²) in [6.45, 7) is 0.258. The molecule has 0 saturated carbocycles. The van der Waals surface area contributed by atoms with Gasteiger partial charge in [-0.25, -0.2) is 4.98 Å². The fourth-order valence-electron chi connectivity index (χ4n) is 2.15. The third-order valence-corrected chi connectivity index (χ3v) is 2.99. The number of carbonyl (C=O) groups is 2. The number of ether oxygens (including phenoxy) is 1. The lowest BCUT2D eigenvalue weighted by Crippen LogP contribution is -2.51. The Morgan fingerprint density at radius 2 is 2.06 bits per heavy atom. The number of carbonyl (C=O) groups excluding carboxylic acids is 2. The molecule has 1 N–H and O–H groups in total. The number of aromatic nitrogens is 2. The number of morpholine rings is 1. The molecule has 0 aromatic carbocycles. The van der Waals surface area contributed by atoms with Crippen LogP contribution in [0.3, 0.4) is 0 Å². The van der Waals surface area contributed by atoms with Crippen molar-refractivity contribution in [1.29, 1.82) is 0 Å². The first-order chi connectivity index (χ1) is 7.75. The molecule has 0 spiro atoms. The average Bonchev–Trinajstić information content (AvgIpc) is 2.92. The first-order valence-corrected chi connectivity index (χ1v) is 5.23. The molecule has 16 heavy (non-hydrogen) atoms. The van der Waals surface area contributed by atoms with E-state index in [-0.39, 0.29) is 18.4 Å². The minimum Gasteiger partial charge on any atom is -0.355 e. The summed E-state index contributed by atoms with van der Waals surface area (Å²) in [5, 5.41) is 0. The second-order valence-corrected chi connectivity index (χ2v) is 4.03. The Morgan fingerprint density at radius 1 is 1.38 bits per heavy atom. The molecule has 2 saturated heterocycles. The Bertz CT molecular complexity index is 407. The summed E-state index contributed by atoms with van der Waals surface area (Å²) < 4.78 is 5.30. The molecule has 3 heterocycles. The van der Waals surface area contributed by atoms with Crippen molar-refractivity contribution in [2.24, 2.45) is 0 Å². The Hall–Kier alpha value is -1.69. The van der Waals surface area contributed by atoms with Crippen LogP contribution in [0.1, 0.15) is 18.5 Å². The molecule has 2 aliphatic heterocycles. The number of nitrogens with one attached hydrogen (secondary N) is 1. The zero-order valence-electron chi connectivity index (χ0n) is 8.55. The largest absolute Gasteiger partial charge is 0.355 e. The van der Waals surface area contributed by atoms with Crippen LogP contribution in [0, 0.1) is 0 Å². The van der Waals surface area contributed by atoms with Crippen LogP contribution in [0.4, 0.5) is 0 Å². The van der Waals surface area contributed by atoms with Crippen LogP contribution in [0.25, 0.3) is 0 Å². The standard InChI is InChI=1S/C10H11N3O3/c14-9-7-1-2-8(16-7)10(15)13(9)4-6-3-11-5-12-6/h3,5,7-8H,1-2,4H2,(H,11,12). The highest BCUT2D eigenvalue weighted by Gasteiger charge is 2.46. The molecule has 2 atom stereocenters. The molecular weight excluding hydrogens is 210 g/mol. The summed E-state index contributed by atoms with van der Waals surface area (Å²) >= 11 is 0. The monoisotopic (exact) mass is 221 g/mol. The molecule has 3 rings (SSSR count). The quantitative estimate of drug-likeness (QED) is 0.703. The molecule has 1 aromatic heterocycles. The molecule has 2 amide bonds. The van der Waals surface area contributed by atoms with Crippen LogP contribution in [0.15, 0.2) is 12.5 Å². The van der Waals surface area contributed by atoms with Gasteiger partial charge in [0.05, 0.1) is 18.6 Å². The smallest absolute Gasteiger partial charge is 0.258 e. The predicted octanol–water partition coefficient (Wildman–Crippen LogP) is -0.174. The van der Waals surface area contributed by atoms with E-state index in [4.69, 9.17) is 4.74 Å². The molecule has 2 aliphatic rings. The van der Waals surface area contributed by atoms with Crippen molar-refractivity contribution in [3.8, 4) is 0 Å². The van der Waals surface area contributed by atoms with Gasteiger partial charge >= 0.3 is 0 Å². The van der Waals surface area contributed by atoms with E-state index in [1.807, 2.05) is 0 Å². The van der Waals surface area contributed by atoms with Gasteiger partial charge in [0.15, 0.2) is 0 Å². The van der Waals surface area contributed by atoms with Gasteiger partial charge in [-0.15, -0.1) is 0 Å². The highest BCUT2D eigenvalue weighted by Crippen LogP contribution is 2.28. The summed E-state index contributed by atoms with van der Waals surface area (Å²) in [6.07, 6.45) is 3.58. The Morgan fingerprint density at radius 3 is 2.62 bits per heavy atom. The molecule has 0 aliphatic carbocycles. The number of imide groups is 1. The van der Waals surface area contributed by atoms with Gasteiger partial charge in [0.1, 0.15) is 12.2 Å². The molecular formula is C10H11N3O3. The van der Waals surface area contributed by atoms with Crippen molar-refractivity contribution in [3.05, 3.63) is 18.2 Å². The van der Waals surface area contributed by atoms with E-state index < -0.39 is 12.2 Å². The van der Waals surface area contributed by atoms with Crippen LogP contribution < -0.4 is 0 Å². The third kappa shape index (κ3) is 1.34. The number of hydrogen-bond acceptors (Lipinski definition) is 4. The topological polar surface area (TPSA) is 75.3 Å². The minimum atomic E-state index is -0.425. The van der Waals surface area contributed by atoms with Gasteiger partial charge in [0.2, 0.25) is 0 Å². The van der Waals surface area contributed by atoms with Gasteiger partial charge in [-0.05, 0) is 12.8 Å². The van der Waals surface area contributed by atoms with Gasteiger partial charge in [0, 0.05) is 6.20 Å². The lowest BCUT2D eigenvalue weighted by Gasteiger charge is -2.29. The number of amides is 2. The summed E-state index contributed by atoms with van der Waals surface area (Å²) in [5.74, 6) is -0.457. The molecule has 6 heteroatoms. The Kier molecular flexibility index (Phi) is 2.03. The van der Waals surface area contributed by atoms with Gasteiger partial charge in [-0.3, -0.25) is 14.5 Å². The molecule has 2 fully saturated rings. The van der Waals surface area contributed by atoms with Crippen LogP contribution in [0.5, 0.6) is 0 Å². The number of aromatic amines is 1. The predicted molar refractivity (Wildman–Crippen MR) is 52.0 cm³/mol. The van der Waals surface area contributed by atoms with E-state index in [2.05, 4.69) is 9.97 Å². The second kappa shape index (κ2) is 3.41. The summed E-state index contributed by atoms with van der Waals surface area (Å²) in [6, 6.07) is 0. The van der Waals surface area contributed by atoms with Gasteiger partial charge < -0.3 is 9.72 Å². The van der Waals surface area contributed by atoms with Gasteiger partial charge in [0.25, 0.3) is 11.8 Å². The maximum atomic E-state index is 11.9. The molecule has 0 radical (unpaired) electrons. The van der Waals surface area contributed by atoms with E-state index in [1.165, 1.54) is 11.2 Å². The van der Waals surface area contributed by atoms with Crippen molar-refractivity contribution >= 4 is 11.8 Å². The highest BCUT2D eigenvalue weighted by atomic mass is 16.5. The molecule has 84 valence electrons. The van der Waals surface area contributed by atoms with Gasteiger partial charge in [-0.2, -0.15) is 0 Å². The first-order valence-electron chi connectivity index (χ1n) is 5.23. The number of hydrogen-bond donors (Lipinski definition) is 1. The van der Waals surface area contributed by atoms with Crippen LogP contribution in [-0.2, 0) is 20.9 Å².